The highest BCUT2D eigenvalue weighted by Crippen LogP contribution is 2.19. The molecular formula is C20H18N2O5. The first-order valence-corrected chi connectivity index (χ1v) is 7.93. The Morgan fingerprint density at radius 2 is 1.30 bits per heavy atom. The Balaban J connectivity index is 2.08. The van der Waals surface area contributed by atoms with E-state index in [0.29, 0.717) is 16.2 Å². The van der Waals surface area contributed by atoms with Crippen molar-refractivity contribution in [1.29, 1.82) is 0 Å². The van der Waals surface area contributed by atoms with E-state index in [2.05, 4.69) is 14.6 Å². The zero-order chi connectivity index (χ0) is 19.6. The third-order valence-corrected chi connectivity index (χ3v) is 3.44. The van der Waals surface area contributed by atoms with Gasteiger partial charge in [-0.15, -0.1) is 0 Å². The number of hydrogen-bond acceptors (Lipinski definition) is 6. The van der Waals surface area contributed by atoms with Crippen LogP contribution in [0.4, 0.5) is 11.4 Å². The average molecular weight is 366 g/mol. The molecule has 0 aromatic heterocycles. The number of carbonyl (C=O) groups is 2. The topological polar surface area (TPSA) is 91.0 Å². The summed E-state index contributed by atoms with van der Waals surface area (Å²) in [6, 6.07) is 13.4. The molecule has 0 saturated carbocycles. The molecule has 0 N–H and O–H groups in total. The lowest BCUT2D eigenvalue weighted by Crippen LogP contribution is -1.93. The molecule has 2 aromatic carbocycles. The van der Waals surface area contributed by atoms with Crippen LogP contribution in [0.15, 0.2) is 65.8 Å². The number of hydrogen-bond donors (Lipinski definition) is 0. The number of ether oxygens (including phenoxy) is 2. The molecular weight excluding hydrogens is 348 g/mol. The maximum atomic E-state index is 12.2. The molecule has 0 saturated heterocycles. The second kappa shape index (κ2) is 9.67. The Bertz CT molecular complexity index is 882. The van der Waals surface area contributed by atoms with Crippen LogP contribution in [0, 0.1) is 5.21 Å². The predicted octanol–water partition coefficient (Wildman–Crippen LogP) is 3.98. The molecule has 2 aromatic rings. The van der Waals surface area contributed by atoms with Gasteiger partial charge >= 0.3 is 11.9 Å². The smallest absolute Gasteiger partial charge is 0.330 e. The van der Waals surface area contributed by atoms with E-state index in [1.165, 1.54) is 26.4 Å². The first-order chi connectivity index (χ1) is 13.0. The van der Waals surface area contributed by atoms with Crippen LogP contribution in [-0.4, -0.2) is 31.0 Å². The average Bonchev–Trinajstić information content (AvgIpc) is 2.71. The molecule has 0 amide bonds. The molecule has 0 fully saturated rings. The van der Waals surface area contributed by atoms with Gasteiger partial charge in [-0.05, 0) is 47.5 Å². The van der Waals surface area contributed by atoms with E-state index in [4.69, 9.17) is 0 Å². The van der Waals surface area contributed by atoms with Crippen molar-refractivity contribution in [1.82, 2.24) is 0 Å². The third kappa shape index (κ3) is 6.24. The van der Waals surface area contributed by atoms with Crippen LogP contribution < -0.4 is 0 Å². The number of carbonyl (C=O) groups excluding carboxylic acids is 2. The molecule has 0 aliphatic heterocycles. The zero-order valence-corrected chi connectivity index (χ0v) is 14.9. The van der Waals surface area contributed by atoms with E-state index < -0.39 is 11.9 Å². The van der Waals surface area contributed by atoms with Crippen molar-refractivity contribution < 1.29 is 23.9 Å². The molecule has 27 heavy (non-hydrogen) atoms. The Labute approximate surface area is 156 Å². The van der Waals surface area contributed by atoms with Crippen molar-refractivity contribution >= 4 is 35.5 Å². The number of esters is 2. The van der Waals surface area contributed by atoms with Gasteiger partial charge in [0.2, 0.25) is 5.69 Å². The number of rotatable bonds is 6. The van der Waals surface area contributed by atoms with E-state index in [1.54, 1.807) is 60.7 Å². The zero-order valence-electron chi connectivity index (χ0n) is 14.9. The molecule has 0 aliphatic carbocycles. The number of azo groups is 1. The highest BCUT2D eigenvalue weighted by atomic mass is 16.5. The summed E-state index contributed by atoms with van der Waals surface area (Å²) in [5.41, 5.74) is 2.34. The summed E-state index contributed by atoms with van der Waals surface area (Å²) in [6.45, 7) is 0. The largest absolute Gasteiger partial charge is 0.594 e. The Morgan fingerprint density at radius 3 is 1.74 bits per heavy atom. The van der Waals surface area contributed by atoms with Gasteiger partial charge in [-0.3, -0.25) is 0 Å². The van der Waals surface area contributed by atoms with Crippen molar-refractivity contribution in [2.75, 3.05) is 14.2 Å². The van der Waals surface area contributed by atoms with Crippen LogP contribution in [-0.2, 0) is 19.1 Å². The summed E-state index contributed by atoms with van der Waals surface area (Å²) in [4.78, 5) is 22.6. The molecule has 0 radical (unpaired) electrons. The van der Waals surface area contributed by atoms with Crippen molar-refractivity contribution in [3.05, 3.63) is 77.0 Å². The fourth-order valence-corrected chi connectivity index (χ4v) is 1.99. The molecule has 0 bridgehead atoms. The van der Waals surface area contributed by atoms with E-state index in [0.717, 1.165) is 11.1 Å². The van der Waals surface area contributed by atoms with Crippen LogP contribution in [0.25, 0.3) is 12.2 Å². The minimum atomic E-state index is -0.454. The molecule has 7 heteroatoms. The van der Waals surface area contributed by atoms with E-state index >= 15 is 0 Å². The van der Waals surface area contributed by atoms with Gasteiger partial charge in [-0.2, -0.15) is 0 Å². The number of nitrogens with zero attached hydrogens (tertiary/aromatic N) is 2. The normalized spacial score (nSPS) is 11.7. The summed E-state index contributed by atoms with van der Waals surface area (Å²) in [6.07, 6.45) is 5.79. The van der Waals surface area contributed by atoms with Gasteiger partial charge < -0.3 is 14.7 Å². The quantitative estimate of drug-likeness (QED) is 0.253. The van der Waals surface area contributed by atoms with E-state index in [1.807, 2.05) is 0 Å². The van der Waals surface area contributed by atoms with Crippen molar-refractivity contribution in [3.63, 3.8) is 0 Å². The predicted molar refractivity (Wildman–Crippen MR) is 100 cm³/mol. The monoisotopic (exact) mass is 366 g/mol. The molecule has 0 heterocycles. The molecule has 2 rings (SSSR count). The van der Waals surface area contributed by atoms with Gasteiger partial charge in [0, 0.05) is 29.4 Å². The summed E-state index contributed by atoms with van der Waals surface area (Å²) in [7, 11) is 2.61. The van der Waals surface area contributed by atoms with Crippen molar-refractivity contribution in [3.8, 4) is 0 Å². The standard InChI is InChI=1S/C20H18N2O5/c1-26-19(23)13-7-15-3-9-17(10-4-15)21-22(25)18-11-5-16(6-12-18)8-14-20(24)27-2/h3-14H,1-2H3/b13-7+,14-8+,22-21?. The van der Waals surface area contributed by atoms with Gasteiger partial charge in [0.15, 0.2) is 0 Å². The van der Waals surface area contributed by atoms with Crippen molar-refractivity contribution in [2.45, 2.75) is 0 Å². The minimum absolute atomic E-state index is 0.347. The second-order valence-electron chi connectivity index (χ2n) is 5.27. The molecule has 0 spiro atoms. The maximum Gasteiger partial charge on any atom is 0.330 e. The highest BCUT2D eigenvalue weighted by Gasteiger charge is 2.04. The third-order valence-electron chi connectivity index (χ3n) is 3.44. The van der Waals surface area contributed by atoms with Gasteiger partial charge in [0.1, 0.15) is 5.69 Å². The van der Waals surface area contributed by atoms with Gasteiger partial charge in [0.05, 0.1) is 14.2 Å². The molecule has 138 valence electrons. The number of methoxy groups -OCH3 is 2. The molecule has 7 nitrogen and oxygen atoms in total. The lowest BCUT2D eigenvalue weighted by atomic mass is 10.2. The fraction of sp³-hybridized carbons (Fsp3) is 0.100. The summed E-state index contributed by atoms with van der Waals surface area (Å²) < 4.78 is 9.03. The van der Waals surface area contributed by atoms with Crippen LogP contribution in [0.3, 0.4) is 0 Å². The molecule has 0 aliphatic rings. The van der Waals surface area contributed by atoms with E-state index in [-0.39, 0.29) is 0 Å². The summed E-state index contributed by atoms with van der Waals surface area (Å²) in [5.74, 6) is -0.899. The van der Waals surface area contributed by atoms with Crippen molar-refractivity contribution in [2.24, 2.45) is 5.11 Å². The van der Waals surface area contributed by atoms with E-state index in [9.17, 15) is 14.8 Å². The van der Waals surface area contributed by atoms with Crippen LogP contribution in [0.1, 0.15) is 11.1 Å². The van der Waals surface area contributed by atoms with Gasteiger partial charge in [-0.1, -0.05) is 17.0 Å². The fourth-order valence-electron chi connectivity index (χ4n) is 1.99. The van der Waals surface area contributed by atoms with Crippen LogP contribution >= 0.6 is 0 Å². The summed E-state index contributed by atoms with van der Waals surface area (Å²) >= 11 is 0. The first-order valence-electron chi connectivity index (χ1n) is 7.93. The van der Waals surface area contributed by atoms with Crippen LogP contribution in [0.5, 0.6) is 0 Å². The molecule has 0 atom stereocenters. The maximum absolute atomic E-state index is 12.2. The van der Waals surface area contributed by atoms with Gasteiger partial charge in [0.25, 0.3) is 0 Å². The SMILES string of the molecule is COC(=O)/C=C/c1ccc(N=[N+]([O-])c2ccc(/C=C/C(=O)OC)cc2)cc1. The summed E-state index contributed by atoms with van der Waals surface area (Å²) in [5, 5.41) is 16.1. The Kier molecular flexibility index (Phi) is 7.01. The number of benzene rings is 2. The highest BCUT2D eigenvalue weighted by molar-refractivity contribution is 5.87. The Hall–Kier alpha value is -3.74. The molecule has 0 unspecified atom stereocenters. The first kappa shape index (κ1) is 19.6. The lowest BCUT2D eigenvalue weighted by molar-refractivity contribution is -0.435. The second-order valence-corrected chi connectivity index (χ2v) is 5.27. The van der Waals surface area contributed by atoms with Gasteiger partial charge in [-0.25, -0.2) is 9.59 Å². The minimum Gasteiger partial charge on any atom is -0.594 e. The Morgan fingerprint density at radius 1 is 0.852 bits per heavy atom. The van der Waals surface area contributed by atoms with Crippen LogP contribution in [0.2, 0.25) is 0 Å². The lowest BCUT2D eigenvalue weighted by Gasteiger charge is -2.01.